The van der Waals surface area contributed by atoms with Gasteiger partial charge in [0.1, 0.15) is 5.75 Å². The molecule has 23 heavy (non-hydrogen) atoms. The third-order valence-corrected chi connectivity index (χ3v) is 3.42. The summed E-state index contributed by atoms with van der Waals surface area (Å²) < 4.78 is 10.5. The van der Waals surface area contributed by atoms with Crippen LogP contribution in [0, 0.1) is 0 Å². The van der Waals surface area contributed by atoms with Crippen molar-refractivity contribution in [1.29, 1.82) is 0 Å². The molecule has 120 valence electrons. The number of methoxy groups -OCH3 is 1. The maximum Gasteiger partial charge on any atom is 0.336 e. The van der Waals surface area contributed by atoms with Crippen LogP contribution in [0.1, 0.15) is 23.6 Å². The van der Waals surface area contributed by atoms with Crippen molar-refractivity contribution in [3.8, 4) is 5.75 Å². The quantitative estimate of drug-likeness (QED) is 0.479. The Kier molecular flexibility index (Phi) is 5.94. The molecule has 0 unspecified atom stereocenters. The van der Waals surface area contributed by atoms with Gasteiger partial charge in [0.05, 0.1) is 5.57 Å². The van der Waals surface area contributed by atoms with Gasteiger partial charge in [0.2, 0.25) is 0 Å². The van der Waals surface area contributed by atoms with Crippen LogP contribution in [0.3, 0.4) is 0 Å². The molecule has 0 saturated carbocycles. The van der Waals surface area contributed by atoms with Crippen molar-refractivity contribution < 1.29 is 19.4 Å². The molecule has 0 bridgehead atoms. The molecule has 0 aromatic heterocycles. The van der Waals surface area contributed by atoms with E-state index in [1.54, 1.807) is 12.1 Å². The summed E-state index contributed by atoms with van der Waals surface area (Å²) in [5, 5.41) is 9.65. The van der Waals surface area contributed by atoms with Crippen LogP contribution in [0.4, 0.5) is 0 Å². The molecule has 0 spiro atoms. The molecule has 2 aromatic rings. The molecule has 0 aliphatic rings. The Morgan fingerprint density at radius 3 is 2.52 bits per heavy atom. The molecule has 2 aromatic carbocycles. The Morgan fingerprint density at radius 2 is 1.91 bits per heavy atom. The number of benzene rings is 2. The fourth-order valence-electron chi connectivity index (χ4n) is 2.23. The standard InChI is InChI=1S/C19H20O4/c1-3-14-9-10-18(23-13-22-2)16(11-14)17(19(20)21)12-15-7-5-4-6-8-15/h4-12H,3,13H2,1-2H3,(H,20,21)/b17-12-. The lowest BCUT2D eigenvalue weighted by Gasteiger charge is -2.13. The van der Waals surface area contributed by atoms with E-state index < -0.39 is 5.97 Å². The van der Waals surface area contributed by atoms with Gasteiger partial charge >= 0.3 is 5.97 Å². The van der Waals surface area contributed by atoms with Gasteiger partial charge in [0, 0.05) is 12.7 Å². The minimum absolute atomic E-state index is 0.0662. The first-order valence-corrected chi connectivity index (χ1v) is 7.40. The highest BCUT2D eigenvalue weighted by Gasteiger charge is 2.16. The number of ether oxygens (including phenoxy) is 2. The highest BCUT2D eigenvalue weighted by Crippen LogP contribution is 2.29. The van der Waals surface area contributed by atoms with Crippen LogP contribution >= 0.6 is 0 Å². The van der Waals surface area contributed by atoms with Crippen LogP contribution in [0.2, 0.25) is 0 Å². The number of carboxylic acids is 1. The third-order valence-electron chi connectivity index (χ3n) is 3.42. The first-order valence-electron chi connectivity index (χ1n) is 7.40. The van der Waals surface area contributed by atoms with Gasteiger partial charge in [-0.25, -0.2) is 4.79 Å². The molecule has 0 amide bonds. The molecule has 2 rings (SSSR count). The van der Waals surface area contributed by atoms with Gasteiger partial charge < -0.3 is 14.6 Å². The predicted molar refractivity (Wildman–Crippen MR) is 90.3 cm³/mol. The summed E-state index contributed by atoms with van der Waals surface area (Å²) in [6, 6.07) is 14.9. The molecule has 0 heterocycles. The molecule has 1 N–H and O–H groups in total. The van der Waals surface area contributed by atoms with Gasteiger partial charge in [-0.2, -0.15) is 0 Å². The highest BCUT2D eigenvalue weighted by atomic mass is 16.7. The summed E-state index contributed by atoms with van der Waals surface area (Å²) >= 11 is 0. The van der Waals surface area contributed by atoms with E-state index in [9.17, 15) is 9.90 Å². The summed E-state index contributed by atoms with van der Waals surface area (Å²) in [5.41, 5.74) is 2.62. The molecule has 0 aliphatic heterocycles. The van der Waals surface area contributed by atoms with Crippen LogP contribution in [0.15, 0.2) is 48.5 Å². The summed E-state index contributed by atoms with van der Waals surface area (Å²) in [4.78, 5) is 11.8. The van der Waals surface area contributed by atoms with Crippen molar-refractivity contribution in [2.24, 2.45) is 0 Å². The number of aryl methyl sites for hydroxylation is 1. The van der Waals surface area contributed by atoms with Crippen molar-refractivity contribution in [3.63, 3.8) is 0 Å². The minimum Gasteiger partial charge on any atom is -0.478 e. The zero-order valence-corrected chi connectivity index (χ0v) is 13.3. The van der Waals surface area contributed by atoms with E-state index in [1.165, 1.54) is 7.11 Å². The number of hydrogen-bond acceptors (Lipinski definition) is 3. The minimum atomic E-state index is -0.996. The predicted octanol–water partition coefficient (Wildman–Crippen LogP) is 3.86. The van der Waals surface area contributed by atoms with Crippen LogP contribution in [-0.2, 0) is 16.0 Å². The molecule has 0 atom stereocenters. The Labute approximate surface area is 136 Å². The maximum atomic E-state index is 11.8. The molecule has 0 radical (unpaired) electrons. The number of carbonyl (C=O) groups is 1. The second kappa shape index (κ2) is 8.15. The first-order chi connectivity index (χ1) is 11.2. The van der Waals surface area contributed by atoms with Gasteiger partial charge in [0.15, 0.2) is 6.79 Å². The van der Waals surface area contributed by atoms with Crippen LogP contribution in [-0.4, -0.2) is 25.0 Å². The molecular weight excluding hydrogens is 292 g/mol. The van der Waals surface area contributed by atoms with Crippen LogP contribution in [0.5, 0.6) is 5.75 Å². The fraction of sp³-hybridized carbons (Fsp3) is 0.211. The van der Waals surface area contributed by atoms with Crippen molar-refractivity contribution in [2.45, 2.75) is 13.3 Å². The fourth-order valence-corrected chi connectivity index (χ4v) is 2.23. The molecule has 0 saturated heterocycles. The zero-order chi connectivity index (χ0) is 16.7. The Morgan fingerprint density at radius 1 is 1.17 bits per heavy atom. The molecule has 4 heteroatoms. The van der Waals surface area contributed by atoms with Crippen LogP contribution < -0.4 is 4.74 Å². The first kappa shape index (κ1) is 16.8. The van der Waals surface area contributed by atoms with Crippen molar-refractivity contribution in [1.82, 2.24) is 0 Å². The summed E-state index contributed by atoms with van der Waals surface area (Å²) in [7, 11) is 1.53. The van der Waals surface area contributed by atoms with Gasteiger partial charge in [-0.1, -0.05) is 43.3 Å². The summed E-state index contributed by atoms with van der Waals surface area (Å²) in [6.07, 6.45) is 2.46. The van der Waals surface area contributed by atoms with Crippen molar-refractivity contribution >= 4 is 17.6 Å². The maximum absolute atomic E-state index is 11.8. The normalized spacial score (nSPS) is 11.3. The molecule has 0 fully saturated rings. The number of carboxylic acid groups (broad SMARTS) is 1. The van der Waals surface area contributed by atoms with E-state index in [1.807, 2.05) is 49.4 Å². The molecule has 4 nitrogen and oxygen atoms in total. The average Bonchev–Trinajstić information content (AvgIpc) is 2.58. The average molecular weight is 312 g/mol. The van der Waals surface area contributed by atoms with E-state index in [2.05, 4.69) is 0 Å². The second-order valence-electron chi connectivity index (χ2n) is 5.01. The van der Waals surface area contributed by atoms with Crippen LogP contribution in [0.25, 0.3) is 11.6 Å². The smallest absolute Gasteiger partial charge is 0.336 e. The Bertz CT molecular complexity index is 690. The lowest BCUT2D eigenvalue weighted by Crippen LogP contribution is -2.06. The van der Waals surface area contributed by atoms with E-state index in [0.717, 1.165) is 17.5 Å². The SMILES string of the molecule is CCc1ccc(OCOC)c(/C(=C/c2ccccc2)C(=O)O)c1. The van der Waals surface area contributed by atoms with Crippen molar-refractivity contribution in [3.05, 3.63) is 65.2 Å². The van der Waals surface area contributed by atoms with Gasteiger partial charge in [-0.3, -0.25) is 0 Å². The Hall–Kier alpha value is -2.59. The summed E-state index contributed by atoms with van der Waals surface area (Å²) in [6.45, 7) is 2.09. The Balaban J connectivity index is 2.53. The zero-order valence-electron chi connectivity index (χ0n) is 13.3. The number of rotatable bonds is 7. The van der Waals surface area contributed by atoms with Gasteiger partial charge in [0.25, 0.3) is 0 Å². The van der Waals surface area contributed by atoms with E-state index in [-0.39, 0.29) is 12.4 Å². The van der Waals surface area contributed by atoms with Gasteiger partial charge in [-0.05, 0) is 35.8 Å². The van der Waals surface area contributed by atoms with Crippen molar-refractivity contribution in [2.75, 3.05) is 13.9 Å². The van der Waals surface area contributed by atoms with Gasteiger partial charge in [-0.15, -0.1) is 0 Å². The largest absolute Gasteiger partial charge is 0.478 e. The monoisotopic (exact) mass is 312 g/mol. The molecular formula is C19H20O4. The van der Waals surface area contributed by atoms with E-state index >= 15 is 0 Å². The third kappa shape index (κ3) is 4.44. The highest BCUT2D eigenvalue weighted by molar-refractivity contribution is 6.21. The summed E-state index contributed by atoms with van der Waals surface area (Å²) in [5.74, 6) is -0.502. The lowest BCUT2D eigenvalue weighted by atomic mass is 9.99. The lowest BCUT2D eigenvalue weighted by molar-refractivity contribution is -0.130. The topological polar surface area (TPSA) is 55.8 Å². The number of hydrogen-bond donors (Lipinski definition) is 1. The second-order valence-corrected chi connectivity index (χ2v) is 5.01. The number of aliphatic carboxylic acids is 1. The van der Waals surface area contributed by atoms with E-state index in [4.69, 9.17) is 9.47 Å². The molecule has 0 aliphatic carbocycles. The van der Waals surface area contributed by atoms with E-state index in [0.29, 0.717) is 11.3 Å².